The molecule has 2 amide bonds. The highest BCUT2D eigenvalue weighted by Crippen LogP contribution is 2.33. The third-order valence-corrected chi connectivity index (χ3v) is 4.36. The highest BCUT2D eigenvalue weighted by Gasteiger charge is 2.36. The lowest BCUT2D eigenvalue weighted by molar-refractivity contribution is -0.145. The average Bonchev–Trinajstić information content (AvgIpc) is 2.89. The van der Waals surface area contributed by atoms with E-state index < -0.39 is 17.1 Å². The molecule has 0 bridgehead atoms. The summed E-state index contributed by atoms with van der Waals surface area (Å²) in [5, 5.41) is -0.442. The number of thioether (sulfide) groups is 1. The van der Waals surface area contributed by atoms with E-state index in [1.54, 1.807) is 13.0 Å². The predicted molar refractivity (Wildman–Crippen MR) is 78.4 cm³/mol. The second-order valence-corrected chi connectivity index (χ2v) is 6.33. The quantitative estimate of drug-likeness (QED) is 0.632. The minimum absolute atomic E-state index is 0.222. The first kappa shape index (κ1) is 14.8. The molecule has 5 nitrogen and oxygen atoms in total. The maximum Gasteiger partial charge on any atom is 0.326 e. The number of carbonyl (C=O) groups is 3. The summed E-state index contributed by atoms with van der Waals surface area (Å²) >= 11 is 2.38. The van der Waals surface area contributed by atoms with Crippen LogP contribution in [0.5, 0.6) is 0 Å². The Balaban J connectivity index is 2.12. The van der Waals surface area contributed by atoms with Gasteiger partial charge in [-0.2, -0.15) is 0 Å². The van der Waals surface area contributed by atoms with Crippen molar-refractivity contribution in [3.63, 3.8) is 0 Å². The highest BCUT2D eigenvalue weighted by atomic mass is 32.2. The van der Waals surface area contributed by atoms with Gasteiger partial charge in [0.2, 0.25) is 0 Å². The second kappa shape index (κ2) is 6.23. The number of thiophene rings is 1. The summed E-state index contributed by atoms with van der Waals surface area (Å²) in [6, 6.07) is 3.83. The third kappa shape index (κ3) is 3.29. The SMILES string of the molecule is CCOC(=O)CN1C(=O)SC(=Cc2ccc(C)s2)C1=O. The Morgan fingerprint density at radius 2 is 2.15 bits per heavy atom. The maximum atomic E-state index is 12.1. The van der Waals surface area contributed by atoms with Gasteiger partial charge in [0.15, 0.2) is 0 Å². The number of esters is 1. The van der Waals surface area contributed by atoms with Crippen LogP contribution in [-0.4, -0.2) is 35.2 Å². The third-order valence-electron chi connectivity index (χ3n) is 2.50. The number of nitrogens with zero attached hydrogens (tertiary/aromatic N) is 1. The van der Waals surface area contributed by atoms with Gasteiger partial charge in [-0.15, -0.1) is 11.3 Å². The van der Waals surface area contributed by atoms with Gasteiger partial charge in [0.1, 0.15) is 6.54 Å². The van der Waals surface area contributed by atoms with E-state index in [0.29, 0.717) is 4.91 Å². The molecule has 1 fully saturated rings. The molecule has 0 spiro atoms. The van der Waals surface area contributed by atoms with Crippen molar-refractivity contribution >= 4 is 46.3 Å². The molecule has 2 rings (SSSR count). The van der Waals surface area contributed by atoms with Crippen molar-refractivity contribution in [2.24, 2.45) is 0 Å². The van der Waals surface area contributed by atoms with Gasteiger partial charge < -0.3 is 4.74 Å². The van der Waals surface area contributed by atoms with E-state index in [1.165, 1.54) is 11.3 Å². The van der Waals surface area contributed by atoms with Crippen LogP contribution in [0, 0.1) is 6.92 Å². The molecule has 1 aliphatic heterocycles. The summed E-state index contributed by atoms with van der Waals surface area (Å²) in [6.07, 6.45) is 1.67. The van der Waals surface area contributed by atoms with E-state index in [4.69, 9.17) is 4.74 Å². The average molecular weight is 311 g/mol. The number of hydrogen-bond donors (Lipinski definition) is 0. The van der Waals surface area contributed by atoms with Crippen molar-refractivity contribution < 1.29 is 19.1 Å². The maximum absolute atomic E-state index is 12.1. The number of carbonyl (C=O) groups excluding carboxylic acids is 3. The van der Waals surface area contributed by atoms with Crippen LogP contribution >= 0.6 is 23.1 Å². The molecule has 0 aliphatic carbocycles. The molecular weight excluding hydrogens is 298 g/mol. The molecule has 7 heteroatoms. The molecule has 1 saturated heterocycles. The van der Waals surface area contributed by atoms with E-state index in [-0.39, 0.29) is 13.2 Å². The molecule has 0 aromatic carbocycles. The molecule has 0 atom stereocenters. The summed E-state index contributed by atoms with van der Waals surface area (Å²) in [6.45, 7) is 3.53. The number of amides is 2. The number of aryl methyl sites for hydroxylation is 1. The van der Waals surface area contributed by atoms with Crippen molar-refractivity contribution in [3.8, 4) is 0 Å². The Morgan fingerprint density at radius 3 is 2.75 bits per heavy atom. The zero-order valence-corrected chi connectivity index (χ0v) is 12.7. The first-order valence-corrected chi connectivity index (χ1v) is 7.62. The minimum Gasteiger partial charge on any atom is -0.465 e. The highest BCUT2D eigenvalue weighted by molar-refractivity contribution is 8.18. The Labute approximate surface area is 124 Å². The van der Waals surface area contributed by atoms with Crippen molar-refractivity contribution in [2.45, 2.75) is 13.8 Å². The first-order valence-electron chi connectivity index (χ1n) is 5.98. The molecule has 20 heavy (non-hydrogen) atoms. The van der Waals surface area contributed by atoms with Crippen molar-refractivity contribution in [2.75, 3.05) is 13.2 Å². The topological polar surface area (TPSA) is 63.7 Å². The van der Waals surface area contributed by atoms with Gasteiger partial charge in [-0.25, -0.2) is 0 Å². The smallest absolute Gasteiger partial charge is 0.326 e. The molecule has 1 aliphatic rings. The van der Waals surface area contributed by atoms with Gasteiger partial charge in [-0.05, 0) is 43.8 Å². The summed E-state index contributed by atoms with van der Waals surface area (Å²) in [5.74, 6) is -1.03. The Bertz CT molecular complexity index is 591. The van der Waals surface area contributed by atoms with Crippen LogP contribution < -0.4 is 0 Å². The number of rotatable bonds is 4. The zero-order valence-electron chi connectivity index (χ0n) is 11.0. The normalized spacial score (nSPS) is 17.1. The fourth-order valence-corrected chi connectivity index (χ4v) is 3.36. The van der Waals surface area contributed by atoms with Gasteiger partial charge in [0, 0.05) is 9.75 Å². The molecule has 0 radical (unpaired) electrons. The Morgan fingerprint density at radius 1 is 1.40 bits per heavy atom. The van der Waals surface area contributed by atoms with Crippen LogP contribution in [0.1, 0.15) is 16.7 Å². The van der Waals surface area contributed by atoms with Crippen LogP contribution in [0.2, 0.25) is 0 Å². The van der Waals surface area contributed by atoms with Crippen LogP contribution in [-0.2, 0) is 14.3 Å². The van der Waals surface area contributed by atoms with E-state index in [9.17, 15) is 14.4 Å². The van der Waals surface area contributed by atoms with Gasteiger partial charge in [-0.3, -0.25) is 19.3 Å². The molecule has 1 aromatic heterocycles. The fraction of sp³-hybridized carbons (Fsp3) is 0.308. The van der Waals surface area contributed by atoms with Crippen LogP contribution in [0.25, 0.3) is 6.08 Å². The van der Waals surface area contributed by atoms with Crippen LogP contribution in [0.3, 0.4) is 0 Å². The monoisotopic (exact) mass is 311 g/mol. The van der Waals surface area contributed by atoms with E-state index in [1.807, 2.05) is 19.1 Å². The molecular formula is C13H13NO4S2. The lowest BCUT2D eigenvalue weighted by Gasteiger charge is -2.10. The molecule has 106 valence electrons. The first-order chi connectivity index (χ1) is 9.51. The summed E-state index contributed by atoms with van der Waals surface area (Å²) in [7, 11) is 0. The van der Waals surface area contributed by atoms with Crippen LogP contribution in [0.4, 0.5) is 4.79 Å². The van der Waals surface area contributed by atoms with Crippen LogP contribution in [0.15, 0.2) is 17.0 Å². The van der Waals surface area contributed by atoms with Crippen molar-refractivity contribution in [1.29, 1.82) is 0 Å². The number of hydrogen-bond acceptors (Lipinski definition) is 6. The molecule has 2 heterocycles. The standard InChI is InChI=1S/C13H13NO4S2/c1-3-18-11(15)7-14-12(16)10(20-13(14)17)6-9-5-4-8(2)19-9/h4-6H,3,7H2,1-2H3. The summed E-state index contributed by atoms with van der Waals surface area (Å²) < 4.78 is 4.75. The molecule has 0 unspecified atom stereocenters. The second-order valence-electron chi connectivity index (χ2n) is 4.02. The molecule has 1 aromatic rings. The van der Waals surface area contributed by atoms with Gasteiger partial charge in [-0.1, -0.05) is 0 Å². The molecule has 0 saturated carbocycles. The number of imide groups is 1. The van der Waals surface area contributed by atoms with E-state index in [0.717, 1.165) is 26.4 Å². The summed E-state index contributed by atoms with van der Waals surface area (Å²) in [5.41, 5.74) is 0. The largest absolute Gasteiger partial charge is 0.465 e. The van der Waals surface area contributed by atoms with Gasteiger partial charge in [0.25, 0.3) is 11.1 Å². The number of ether oxygens (including phenoxy) is 1. The minimum atomic E-state index is -0.581. The molecule has 0 N–H and O–H groups in total. The predicted octanol–water partition coefficient (Wildman–Crippen LogP) is 2.66. The van der Waals surface area contributed by atoms with Gasteiger partial charge >= 0.3 is 5.97 Å². The van der Waals surface area contributed by atoms with Crippen molar-refractivity contribution in [1.82, 2.24) is 4.90 Å². The fourth-order valence-electron chi connectivity index (χ4n) is 1.63. The lowest BCUT2D eigenvalue weighted by atomic mass is 10.3. The van der Waals surface area contributed by atoms with E-state index >= 15 is 0 Å². The van der Waals surface area contributed by atoms with E-state index in [2.05, 4.69) is 0 Å². The zero-order chi connectivity index (χ0) is 14.7. The van der Waals surface area contributed by atoms with Crippen molar-refractivity contribution in [3.05, 3.63) is 26.8 Å². The van der Waals surface area contributed by atoms with Gasteiger partial charge in [0.05, 0.1) is 11.5 Å². The Kier molecular flexibility index (Phi) is 4.61. The summed E-state index contributed by atoms with van der Waals surface area (Å²) in [4.78, 5) is 38.5. The lowest BCUT2D eigenvalue weighted by Crippen LogP contribution is -2.34. The Hall–Kier alpha value is -1.60.